The summed E-state index contributed by atoms with van der Waals surface area (Å²) in [6.07, 6.45) is 10.0. The Morgan fingerprint density at radius 3 is 2.75 bits per heavy atom. The van der Waals surface area contributed by atoms with E-state index in [1.807, 2.05) is 0 Å². The minimum Gasteiger partial charge on any atom is -0.325 e. The molecule has 12 heavy (non-hydrogen) atoms. The number of rotatable bonds is 0. The summed E-state index contributed by atoms with van der Waals surface area (Å²) in [5, 5.41) is 0. The van der Waals surface area contributed by atoms with Crippen LogP contribution < -0.4 is 5.73 Å². The Labute approximate surface area is 74.7 Å². The van der Waals surface area contributed by atoms with Gasteiger partial charge in [-0.1, -0.05) is 19.3 Å². The Morgan fingerprint density at radius 1 is 1.17 bits per heavy atom. The van der Waals surface area contributed by atoms with Crippen molar-refractivity contribution >= 4 is 0 Å². The molecule has 0 aliphatic heterocycles. The van der Waals surface area contributed by atoms with E-state index in [2.05, 4.69) is 0 Å². The fourth-order valence-electron chi connectivity index (χ4n) is 4.29. The Hall–Kier alpha value is -0.0400. The van der Waals surface area contributed by atoms with Crippen molar-refractivity contribution in [2.75, 3.05) is 0 Å². The van der Waals surface area contributed by atoms with E-state index in [1.54, 1.807) is 0 Å². The van der Waals surface area contributed by atoms with Crippen LogP contribution in [-0.4, -0.2) is 5.54 Å². The monoisotopic (exact) mass is 165 g/mol. The topological polar surface area (TPSA) is 26.0 Å². The van der Waals surface area contributed by atoms with Crippen LogP contribution in [0.2, 0.25) is 0 Å². The van der Waals surface area contributed by atoms with Crippen molar-refractivity contribution < 1.29 is 0 Å². The van der Waals surface area contributed by atoms with Gasteiger partial charge >= 0.3 is 0 Å². The van der Waals surface area contributed by atoms with Gasteiger partial charge in [0.1, 0.15) is 0 Å². The normalized spacial score (nSPS) is 57.2. The van der Waals surface area contributed by atoms with Crippen LogP contribution in [0.5, 0.6) is 0 Å². The molecule has 0 aromatic rings. The van der Waals surface area contributed by atoms with Crippen molar-refractivity contribution in [2.24, 2.45) is 23.5 Å². The number of nitrogens with two attached hydrogens (primary N) is 1. The Morgan fingerprint density at radius 2 is 2.08 bits per heavy atom. The third-order valence-electron chi connectivity index (χ3n) is 4.72. The van der Waals surface area contributed by atoms with E-state index >= 15 is 0 Å². The van der Waals surface area contributed by atoms with Crippen molar-refractivity contribution in [1.29, 1.82) is 0 Å². The molecule has 4 rings (SSSR count). The van der Waals surface area contributed by atoms with Gasteiger partial charge in [0.25, 0.3) is 0 Å². The molecule has 1 heteroatoms. The minimum atomic E-state index is 0.296. The van der Waals surface area contributed by atoms with Crippen LogP contribution >= 0.6 is 0 Å². The second-order valence-corrected chi connectivity index (χ2v) is 5.38. The lowest BCUT2D eigenvalue weighted by Crippen LogP contribution is -2.59. The molecular formula is C11H19N. The van der Waals surface area contributed by atoms with Crippen molar-refractivity contribution in [1.82, 2.24) is 0 Å². The van der Waals surface area contributed by atoms with Gasteiger partial charge in [-0.05, 0) is 43.4 Å². The fourth-order valence-corrected chi connectivity index (χ4v) is 4.29. The summed E-state index contributed by atoms with van der Waals surface area (Å²) in [7, 11) is 0. The van der Waals surface area contributed by atoms with Gasteiger partial charge in [0.15, 0.2) is 0 Å². The van der Waals surface area contributed by atoms with Crippen LogP contribution in [0.3, 0.4) is 0 Å². The molecule has 0 aromatic heterocycles. The first-order valence-electron chi connectivity index (χ1n) is 5.57. The predicted molar refractivity (Wildman–Crippen MR) is 49.7 cm³/mol. The predicted octanol–water partition coefficient (Wildman–Crippen LogP) is 2.30. The summed E-state index contributed by atoms with van der Waals surface area (Å²) in [5.74, 6) is 2.94. The van der Waals surface area contributed by atoms with Crippen molar-refractivity contribution in [3.05, 3.63) is 0 Å². The summed E-state index contributed by atoms with van der Waals surface area (Å²) >= 11 is 0. The third kappa shape index (κ3) is 0.834. The molecule has 0 aromatic carbocycles. The molecule has 68 valence electrons. The SMILES string of the molecule is N[C@]12CCC[C@@H]3C[C@@H](CC[C@@H]31)C2. The molecule has 4 atom stereocenters. The largest absolute Gasteiger partial charge is 0.325 e. The van der Waals surface area contributed by atoms with Gasteiger partial charge in [0.05, 0.1) is 0 Å². The van der Waals surface area contributed by atoms with Crippen molar-refractivity contribution in [3.63, 3.8) is 0 Å². The molecule has 0 spiro atoms. The highest BCUT2D eigenvalue weighted by atomic mass is 14.8. The molecule has 0 unspecified atom stereocenters. The maximum atomic E-state index is 6.49. The zero-order chi connectivity index (χ0) is 8.18. The smallest absolute Gasteiger partial charge is 0.0188 e. The Balaban J connectivity index is 1.94. The average Bonchev–Trinajstić information content (AvgIpc) is 2.03. The highest BCUT2D eigenvalue weighted by molar-refractivity contribution is 5.06. The van der Waals surface area contributed by atoms with E-state index in [0.717, 1.165) is 17.8 Å². The first kappa shape index (κ1) is 7.37. The molecule has 0 heterocycles. The molecule has 1 nitrogen and oxygen atoms in total. The lowest BCUT2D eigenvalue weighted by atomic mass is 9.51. The highest BCUT2D eigenvalue weighted by Crippen LogP contribution is 2.55. The molecule has 4 aliphatic rings. The molecule has 0 amide bonds. The maximum absolute atomic E-state index is 6.49. The maximum Gasteiger partial charge on any atom is 0.0188 e. The summed E-state index contributed by atoms with van der Waals surface area (Å²) < 4.78 is 0. The first-order valence-corrected chi connectivity index (χ1v) is 5.57. The summed E-state index contributed by atoms with van der Waals surface area (Å²) in [6.45, 7) is 0. The van der Waals surface area contributed by atoms with Crippen molar-refractivity contribution in [3.8, 4) is 0 Å². The quantitative estimate of drug-likeness (QED) is 0.585. The van der Waals surface area contributed by atoms with Gasteiger partial charge in [-0.3, -0.25) is 0 Å². The van der Waals surface area contributed by atoms with Gasteiger partial charge in [0.2, 0.25) is 0 Å². The molecule has 0 saturated heterocycles. The Kier molecular flexibility index (Phi) is 1.39. The van der Waals surface area contributed by atoms with Crippen LogP contribution in [0.1, 0.15) is 44.9 Å². The standard InChI is InChI=1S/C11H19N/c12-11-5-1-2-9-6-8(7-11)3-4-10(9)11/h8-10H,1-7,12H2/t8-,9-,10+,11+/m1/s1. The van der Waals surface area contributed by atoms with E-state index in [9.17, 15) is 0 Å². The van der Waals surface area contributed by atoms with Crippen molar-refractivity contribution in [2.45, 2.75) is 50.5 Å². The zero-order valence-electron chi connectivity index (χ0n) is 7.76. The number of hydrogen-bond acceptors (Lipinski definition) is 1. The van der Waals surface area contributed by atoms with Gasteiger partial charge in [-0.25, -0.2) is 0 Å². The van der Waals surface area contributed by atoms with Gasteiger partial charge < -0.3 is 5.73 Å². The van der Waals surface area contributed by atoms with E-state index in [0.29, 0.717) is 5.54 Å². The van der Waals surface area contributed by atoms with E-state index in [1.165, 1.54) is 44.9 Å². The third-order valence-corrected chi connectivity index (χ3v) is 4.72. The molecule has 2 N–H and O–H groups in total. The number of fused-ring (bicyclic) bond motifs is 1. The molecular weight excluding hydrogens is 146 g/mol. The van der Waals surface area contributed by atoms with E-state index < -0.39 is 0 Å². The molecule has 4 bridgehead atoms. The molecule has 4 aliphatic carbocycles. The van der Waals surface area contributed by atoms with Crippen LogP contribution in [-0.2, 0) is 0 Å². The van der Waals surface area contributed by atoms with Gasteiger partial charge in [-0.15, -0.1) is 0 Å². The van der Waals surface area contributed by atoms with Crippen LogP contribution in [0.4, 0.5) is 0 Å². The summed E-state index contributed by atoms with van der Waals surface area (Å²) in [4.78, 5) is 0. The highest BCUT2D eigenvalue weighted by Gasteiger charge is 2.51. The van der Waals surface area contributed by atoms with E-state index in [4.69, 9.17) is 5.73 Å². The first-order chi connectivity index (χ1) is 5.78. The Bertz CT molecular complexity index is 201. The fraction of sp³-hybridized carbons (Fsp3) is 1.00. The lowest BCUT2D eigenvalue weighted by Gasteiger charge is -2.57. The number of hydrogen-bond donors (Lipinski definition) is 1. The van der Waals surface area contributed by atoms with Gasteiger partial charge in [0, 0.05) is 5.54 Å². The van der Waals surface area contributed by atoms with Crippen LogP contribution in [0.25, 0.3) is 0 Å². The lowest BCUT2D eigenvalue weighted by molar-refractivity contribution is -0.0223. The average molecular weight is 165 g/mol. The van der Waals surface area contributed by atoms with Crippen LogP contribution in [0.15, 0.2) is 0 Å². The molecule has 0 radical (unpaired) electrons. The van der Waals surface area contributed by atoms with Crippen LogP contribution in [0, 0.1) is 17.8 Å². The zero-order valence-corrected chi connectivity index (χ0v) is 7.76. The second-order valence-electron chi connectivity index (χ2n) is 5.38. The summed E-state index contributed by atoms with van der Waals surface area (Å²) in [5.41, 5.74) is 6.78. The summed E-state index contributed by atoms with van der Waals surface area (Å²) in [6, 6.07) is 0. The second kappa shape index (κ2) is 2.25. The molecule has 4 fully saturated rings. The van der Waals surface area contributed by atoms with E-state index in [-0.39, 0.29) is 0 Å². The van der Waals surface area contributed by atoms with Gasteiger partial charge in [-0.2, -0.15) is 0 Å². The molecule has 4 saturated carbocycles. The minimum absolute atomic E-state index is 0.296.